The molecule has 1 aromatic heterocycles. The number of hydrogen-bond donors (Lipinski definition) is 0. The van der Waals surface area contributed by atoms with E-state index in [9.17, 15) is 9.59 Å². The van der Waals surface area contributed by atoms with E-state index in [1.165, 1.54) is 18.2 Å². The third kappa shape index (κ3) is 5.03. The number of rotatable bonds is 7. The van der Waals surface area contributed by atoms with E-state index in [4.69, 9.17) is 4.98 Å². The highest BCUT2D eigenvalue weighted by Crippen LogP contribution is 2.27. The number of benzene rings is 1. The van der Waals surface area contributed by atoms with E-state index in [-0.39, 0.29) is 16.7 Å². The molecule has 0 saturated carbocycles. The summed E-state index contributed by atoms with van der Waals surface area (Å²) in [6.07, 6.45) is 5.26. The summed E-state index contributed by atoms with van der Waals surface area (Å²) in [5, 5.41) is 1.03. The van der Waals surface area contributed by atoms with Gasteiger partial charge in [0.15, 0.2) is 5.16 Å². The lowest BCUT2D eigenvalue weighted by atomic mass is 10.00. The van der Waals surface area contributed by atoms with Crippen LogP contribution in [0, 0.1) is 5.92 Å². The van der Waals surface area contributed by atoms with Gasteiger partial charge in [-0.25, -0.2) is 4.98 Å². The van der Waals surface area contributed by atoms with Gasteiger partial charge in [-0.15, -0.1) is 0 Å². The van der Waals surface area contributed by atoms with Crippen LogP contribution in [0.4, 0.5) is 0 Å². The fourth-order valence-corrected chi connectivity index (χ4v) is 4.98. The molecule has 1 fully saturated rings. The molecular weight excluding hydrogens is 382 g/mol. The van der Waals surface area contributed by atoms with Gasteiger partial charge >= 0.3 is 0 Å². The van der Waals surface area contributed by atoms with E-state index in [2.05, 4.69) is 25.7 Å². The van der Waals surface area contributed by atoms with Crippen LogP contribution in [0.25, 0.3) is 10.9 Å². The third-order valence-corrected chi connectivity index (χ3v) is 6.85. The number of nitrogens with zero attached hydrogens (tertiary/aromatic N) is 3. The quantitative estimate of drug-likeness (QED) is 0.485. The second-order valence-electron chi connectivity index (χ2n) is 8.40. The molecule has 0 radical (unpaired) electrons. The second-order valence-corrected chi connectivity index (χ2v) is 9.71. The van der Waals surface area contributed by atoms with Gasteiger partial charge in [0.25, 0.3) is 5.56 Å². The van der Waals surface area contributed by atoms with E-state index in [1.54, 1.807) is 4.57 Å². The molecule has 6 heteroatoms. The molecule has 5 nitrogen and oxygen atoms in total. The molecule has 0 bridgehead atoms. The summed E-state index contributed by atoms with van der Waals surface area (Å²) in [5.41, 5.74) is 0.688. The van der Waals surface area contributed by atoms with Crippen molar-refractivity contribution in [3.05, 3.63) is 34.6 Å². The number of fused-ring (bicyclic) bond motifs is 1. The van der Waals surface area contributed by atoms with E-state index < -0.39 is 0 Å². The number of hydrogen-bond acceptors (Lipinski definition) is 4. The predicted molar refractivity (Wildman–Crippen MR) is 120 cm³/mol. The minimum atomic E-state index is -0.263. The molecule has 0 spiro atoms. The molecule has 2 heterocycles. The Morgan fingerprint density at radius 1 is 1.24 bits per heavy atom. The van der Waals surface area contributed by atoms with Crippen LogP contribution in [0.15, 0.2) is 34.2 Å². The van der Waals surface area contributed by atoms with Gasteiger partial charge in [-0.3, -0.25) is 14.2 Å². The molecule has 0 aliphatic carbocycles. The summed E-state index contributed by atoms with van der Waals surface area (Å²) < 4.78 is 1.77. The van der Waals surface area contributed by atoms with Crippen molar-refractivity contribution in [2.24, 2.45) is 5.92 Å². The molecule has 2 unspecified atom stereocenters. The minimum absolute atomic E-state index is 0.0113. The van der Waals surface area contributed by atoms with Gasteiger partial charge in [0.2, 0.25) is 5.91 Å². The Bertz CT molecular complexity index is 909. The molecule has 1 saturated heterocycles. The fourth-order valence-electron chi connectivity index (χ4n) is 3.98. The normalized spacial score (nSPS) is 18.4. The molecule has 1 aromatic carbocycles. The van der Waals surface area contributed by atoms with Gasteiger partial charge in [0.1, 0.15) is 0 Å². The van der Waals surface area contributed by atoms with Gasteiger partial charge in [0.05, 0.1) is 16.2 Å². The molecule has 1 aliphatic heterocycles. The first-order valence-corrected chi connectivity index (χ1v) is 11.8. The van der Waals surface area contributed by atoms with Crippen molar-refractivity contribution in [3.8, 4) is 0 Å². The largest absolute Gasteiger partial charge is 0.339 e. The minimum Gasteiger partial charge on any atom is -0.339 e. The first-order valence-electron chi connectivity index (χ1n) is 10.9. The Labute approximate surface area is 177 Å². The Morgan fingerprint density at radius 2 is 2.00 bits per heavy atom. The zero-order valence-electron chi connectivity index (χ0n) is 18.1. The van der Waals surface area contributed by atoms with E-state index in [0.29, 0.717) is 34.6 Å². The van der Waals surface area contributed by atoms with Crippen molar-refractivity contribution in [3.63, 3.8) is 0 Å². The SMILES string of the molecule is CCC1CCCCN1C(=O)C(C)Sc1nc2ccccc2c(=O)n1CCC(C)C. The van der Waals surface area contributed by atoms with Crippen LogP contribution < -0.4 is 5.56 Å². The van der Waals surface area contributed by atoms with E-state index >= 15 is 0 Å². The summed E-state index contributed by atoms with van der Waals surface area (Å²) in [5.74, 6) is 0.656. The lowest BCUT2D eigenvalue weighted by Crippen LogP contribution is -2.46. The Hall–Kier alpha value is -1.82. The molecule has 3 rings (SSSR count). The first kappa shape index (κ1) is 21.9. The lowest BCUT2D eigenvalue weighted by molar-refractivity contribution is -0.134. The van der Waals surface area contributed by atoms with Crippen molar-refractivity contribution in [1.29, 1.82) is 0 Å². The van der Waals surface area contributed by atoms with Crippen LogP contribution in [0.1, 0.15) is 59.8 Å². The molecule has 2 atom stereocenters. The van der Waals surface area contributed by atoms with Crippen LogP contribution in [-0.2, 0) is 11.3 Å². The standard InChI is InChI=1S/C23H33N3O2S/c1-5-18-10-8-9-14-25(18)21(27)17(4)29-23-24-20-12-7-6-11-19(20)22(28)26(23)15-13-16(2)3/h6-7,11-12,16-18H,5,8-10,13-15H2,1-4H3. The lowest BCUT2D eigenvalue weighted by Gasteiger charge is -2.36. The number of aromatic nitrogens is 2. The number of likely N-dealkylation sites (tertiary alicyclic amines) is 1. The van der Waals surface area contributed by atoms with Crippen LogP contribution in [0.3, 0.4) is 0 Å². The number of para-hydroxylation sites is 1. The van der Waals surface area contributed by atoms with Crippen molar-refractivity contribution < 1.29 is 4.79 Å². The van der Waals surface area contributed by atoms with Crippen LogP contribution in [-0.4, -0.2) is 38.2 Å². The highest BCUT2D eigenvalue weighted by Gasteiger charge is 2.30. The molecule has 2 aromatic rings. The molecule has 0 N–H and O–H groups in total. The van der Waals surface area contributed by atoms with Gasteiger partial charge in [0, 0.05) is 19.1 Å². The first-order chi connectivity index (χ1) is 13.9. The number of piperidine rings is 1. The van der Waals surface area contributed by atoms with Gasteiger partial charge in [-0.1, -0.05) is 44.7 Å². The number of carbonyl (C=O) groups is 1. The Balaban J connectivity index is 1.90. The summed E-state index contributed by atoms with van der Waals surface area (Å²) in [7, 11) is 0. The average molecular weight is 416 g/mol. The summed E-state index contributed by atoms with van der Waals surface area (Å²) in [6.45, 7) is 9.87. The molecule has 158 valence electrons. The van der Waals surface area contributed by atoms with E-state index in [1.807, 2.05) is 31.2 Å². The average Bonchev–Trinajstić information content (AvgIpc) is 2.72. The maximum Gasteiger partial charge on any atom is 0.262 e. The summed E-state index contributed by atoms with van der Waals surface area (Å²) in [4.78, 5) is 33.1. The smallest absolute Gasteiger partial charge is 0.262 e. The highest BCUT2D eigenvalue weighted by molar-refractivity contribution is 8.00. The fraction of sp³-hybridized carbons (Fsp3) is 0.609. The van der Waals surface area contributed by atoms with E-state index in [0.717, 1.165) is 32.2 Å². The molecule has 1 amide bonds. The van der Waals surface area contributed by atoms with Gasteiger partial charge in [-0.05, 0) is 57.1 Å². The van der Waals surface area contributed by atoms with Crippen LogP contribution in [0.5, 0.6) is 0 Å². The van der Waals surface area contributed by atoms with Crippen molar-refractivity contribution in [2.45, 2.75) is 82.8 Å². The van der Waals surface area contributed by atoms with Crippen molar-refractivity contribution in [2.75, 3.05) is 6.54 Å². The molecular formula is C23H33N3O2S. The second kappa shape index (κ2) is 9.79. The summed E-state index contributed by atoms with van der Waals surface area (Å²) in [6, 6.07) is 7.82. The topological polar surface area (TPSA) is 55.2 Å². The molecule has 1 aliphatic rings. The van der Waals surface area contributed by atoms with Gasteiger partial charge < -0.3 is 4.90 Å². The van der Waals surface area contributed by atoms with Crippen molar-refractivity contribution in [1.82, 2.24) is 14.5 Å². The Morgan fingerprint density at radius 3 is 2.72 bits per heavy atom. The van der Waals surface area contributed by atoms with Crippen LogP contribution >= 0.6 is 11.8 Å². The maximum atomic E-state index is 13.2. The number of amides is 1. The monoisotopic (exact) mass is 415 g/mol. The highest BCUT2D eigenvalue weighted by atomic mass is 32.2. The zero-order valence-corrected chi connectivity index (χ0v) is 18.9. The van der Waals surface area contributed by atoms with Crippen LogP contribution in [0.2, 0.25) is 0 Å². The number of thioether (sulfide) groups is 1. The summed E-state index contributed by atoms with van der Waals surface area (Å²) >= 11 is 1.43. The zero-order chi connectivity index (χ0) is 21.0. The number of carbonyl (C=O) groups excluding carboxylic acids is 1. The third-order valence-electron chi connectivity index (χ3n) is 5.77. The predicted octanol–water partition coefficient (Wildman–Crippen LogP) is 4.71. The Kier molecular flexibility index (Phi) is 7.38. The van der Waals surface area contributed by atoms with Crippen molar-refractivity contribution >= 4 is 28.6 Å². The molecule has 29 heavy (non-hydrogen) atoms. The maximum absolute atomic E-state index is 13.2. The van der Waals surface area contributed by atoms with Gasteiger partial charge in [-0.2, -0.15) is 0 Å².